The Hall–Kier alpha value is -4.31. The van der Waals surface area contributed by atoms with Crippen molar-refractivity contribution in [3.8, 4) is 17.1 Å². The SMILES string of the molecule is CCCCCC(=O)CC(CC)CCOc1ccnc(-c2ccnc(Nc3ccc4[nH]c(C(=O)N5CCN(C)CC5)cc4c3)n2)c1. The molecule has 1 saturated heterocycles. The Morgan fingerprint density at radius 1 is 0.978 bits per heavy atom. The molecule has 1 fully saturated rings. The van der Waals surface area contributed by atoms with Gasteiger partial charge in [0.1, 0.15) is 17.2 Å². The minimum Gasteiger partial charge on any atom is -0.493 e. The molecule has 1 aliphatic rings. The molecule has 1 unspecified atom stereocenters. The summed E-state index contributed by atoms with van der Waals surface area (Å²) in [6.45, 7) is 8.07. The van der Waals surface area contributed by atoms with Crippen LogP contribution in [-0.4, -0.2) is 81.3 Å². The number of nitrogens with one attached hydrogen (secondary N) is 2. The number of hydrogen-bond acceptors (Lipinski definition) is 8. The number of nitrogens with zero attached hydrogens (tertiary/aromatic N) is 5. The Balaban J connectivity index is 1.18. The van der Waals surface area contributed by atoms with E-state index in [1.165, 1.54) is 0 Å². The van der Waals surface area contributed by atoms with Gasteiger partial charge in [0.2, 0.25) is 5.95 Å². The molecule has 0 aliphatic carbocycles. The first-order chi connectivity index (χ1) is 21.9. The number of H-pyrrole nitrogens is 1. The number of aromatic amines is 1. The maximum absolute atomic E-state index is 13.0. The van der Waals surface area contributed by atoms with Gasteiger partial charge in [-0.25, -0.2) is 9.97 Å². The normalized spacial score (nSPS) is 14.4. The Kier molecular flexibility index (Phi) is 11.1. The van der Waals surface area contributed by atoms with Crippen molar-refractivity contribution < 1.29 is 14.3 Å². The van der Waals surface area contributed by atoms with Crippen LogP contribution in [0.5, 0.6) is 5.75 Å². The number of piperazine rings is 1. The number of Topliss-reactive ketones (excluding diaryl/α,β-unsaturated/α-hetero) is 1. The highest BCUT2D eigenvalue weighted by Gasteiger charge is 2.22. The number of ether oxygens (including phenoxy) is 1. The number of amides is 1. The van der Waals surface area contributed by atoms with Crippen molar-refractivity contribution in [2.45, 2.75) is 58.8 Å². The highest BCUT2D eigenvalue weighted by Crippen LogP contribution is 2.25. The Morgan fingerprint density at radius 2 is 1.80 bits per heavy atom. The summed E-state index contributed by atoms with van der Waals surface area (Å²) < 4.78 is 6.07. The molecule has 4 heterocycles. The van der Waals surface area contributed by atoms with Crippen molar-refractivity contribution in [1.82, 2.24) is 29.7 Å². The smallest absolute Gasteiger partial charge is 0.270 e. The first-order valence-corrected chi connectivity index (χ1v) is 16.2. The van der Waals surface area contributed by atoms with Crippen LogP contribution in [-0.2, 0) is 4.79 Å². The van der Waals surface area contributed by atoms with Gasteiger partial charge in [-0.3, -0.25) is 14.6 Å². The third-order valence-corrected chi connectivity index (χ3v) is 8.49. The molecule has 1 aromatic carbocycles. The summed E-state index contributed by atoms with van der Waals surface area (Å²) in [5.41, 5.74) is 3.67. The number of ketones is 1. The highest BCUT2D eigenvalue weighted by atomic mass is 16.5. The number of carbonyl (C=O) groups excluding carboxylic acids is 2. The number of pyridine rings is 1. The predicted octanol–water partition coefficient (Wildman–Crippen LogP) is 6.49. The summed E-state index contributed by atoms with van der Waals surface area (Å²) in [6.07, 6.45) is 9.78. The predicted molar refractivity (Wildman–Crippen MR) is 178 cm³/mol. The molecule has 10 nitrogen and oxygen atoms in total. The summed E-state index contributed by atoms with van der Waals surface area (Å²) in [6, 6.07) is 13.3. The Bertz CT molecular complexity index is 1580. The summed E-state index contributed by atoms with van der Waals surface area (Å²) in [5.74, 6) is 1.89. The monoisotopic (exact) mass is 611 g/mol. The van der Waals surface area contributed by atoms with E-state index < -0.39 is 0 Å². The standard InChI is InChI=1S/C35H45N7O3/c1-4-6-7-8-28(43)21-25(5-2)13-20-45-29-11-14-36-32(24-29)31-12-15-37-35(40-31)38-27-9-10-30-26(22-27)23-33(39-30)34(44)42-18-16-41(3)17-19-42/h9-12,14-15,22-25,39H,4-8,13,16-21H2,1-3H3,(H,37,38,40). The molecule has 238 valence electrons. The molecule has 1 amide bonds. The molecule has 0 radical (unpaired) electrons. The Morgan fingerprint density at radius 3 is 2.60 bits per heavy atom. The number of unbranched alkanes of at least 4 members (excludes halogenated alkanes) is 2. The lowest BCUT2D eigenvalue weighted by molar-refractivity contribution is -0.120. The van der Waals surface area contributed by atoms with E-state index in [0.717, 1.165) is 80.6 Å². The fraction of sp³-hybridized carbons (Fsp3) is 0.457. The second-order valence-electron chi connectivity index (χ2n) is 12.0. The zero-order valence-electron chi connectivity index (χ0n) is 26.7. The fourth-order valence-corrected chi connectivity index (χ4v) is 5.63. The van der Waals surface area contributed by atoms with Gasteiger partial charge in [-0.2, -0.15) is 0 Å². The molecule has 1 aliphatic heterocycles. The first kappa shape index (κ1) is 32.1. The molecule has 1 atom stereocenters. The van der Waals surface area contributed by atoms with Crippen molar-refractivity contribution in [1.29, 1.82) is 0 Å². The summed E-state index contributed by atoms with van der Waals surface area (Å²) in [5, 5.41) is 4.23. The summed E-state index contributed by atoms with van der Waals surface area (Å²) in [4.78, 5) is 46.4. The molecule has 2 N–H and O–H groups in total. The van der Waals surface area contributed by atoms with E-state index in [4.69, 9.17) is 9.72 Å². The van der Waals surface area contributed by atoms with Gasteiger partial charge < -0.3 is 24.8 Å². The van der Waals surface area contributed by atoms with E-state index in [1.54, 1.807) is 12.4 Å². The molecule has 0 spiro atoms. The van der Waals surface area contributed by atoms with Crippen LogP contribution < -0.4 is 10.1 Å². The van der Waals surface area contributed by atoms with Crippen molar-refractivity contribution in [3.05, 3.63) is 60.6 Å². The van der Waals surface area contributed by atoms with E-state index >= 15 is 0 Å². The lowest BCUT2D eigenvalue weighted by atomic mass is 9.94. The van der Waals surface area contributed by atoms with Crippen LogP contribution in [0.2, 0.25) is 0 Å². The van der Waals surface area contributed by atoms with Gasteiger partial charge in [0.15, 0.2) is 0 Å². The van der Waals surface area contributed by atoms with Crippen LogP contribution in [0.25, 0.3) is 22.3 Å². The van der Waals surface area contributed by atoms with Gasteiger partial charge in [0.25, 0.3) is 5.91 Å². The molecule has 4 aromatic rings. The van der Waals surface area contributed by atoms with Crippen LogP contribution in [0.3, 0.4) is 0 Å². The van der Waals surface area contributed by atoms with Crippen LogP contribution in [0, 0.1) is 5.92 Å². The van der Waals surface area contributed by atoms with Crippen molar-refractivity contribution in [3.63, 3.8) is 0 Å². The third kappa shape index (κ3) is 8.88. The fourth-order valence-electron chi connectivity index (χ4n) is 5.63. The van der Waals surface area contributed by atoms with Crippen LogP contribution in [0.1, 0.15) is 69.3 Å². The summed E-state index contributed by atoms with van der Waals surface area (Å²) >= 11 is 0. The van der Waals surface area contributed by atoms with E-state index in [1.807, 2.05) is 47.4 Å². The zero-order valence-corrected chi connectivity index (χ0v) is 26.7. The largest absolute Gasteiger partial charge is 0.493 e. The number of aromatic nitrogens is 4. The molecular formula is C35H45N7O3. The molecule has 0 bridgehead atoms. The number of hydrogen-bond donors (Lipinski definition) is 2. The minimum atomic E-state index is 0.0293. The maximum Gasteiger partial charge on any atom is 0.270 e. The maximum atomic E-state index is 13.0. The third-order valence-electron chi connectivity index (χ3n) is 8.49. The zero-order chi connectivity index (χ0) is 31.6. The van der Waals surface area contributed by atoms with Crippen molar-refractivity contribution in [2.24, 2.45) is 5.92 Å². The average Bonchev–Trinajstić information content (AvgIpc) is 3.48. The number of likely N-dealkylation sites (N-methyl/N-ethyl adjacent to an activating group) is 1. The molecule has 45 heavy (non-hydrogen) atoms. The van der Waals surface area contributed by atoms with Crippen LogP contribution in [0.4, 0.5) is 11.6 Å². The van der Waals surface area contributed by atoms with Crippen molar-refractivity contribution >= 4 is 34.2 Å². The van der Waals surface area contributed by atoms with Crippen LogP contribution >= 0.6 is 0 Å². The van der Waals surface area contributed by atoms with Crippen molar-refractivity contribution in [2.75, 3.05) is 45.2 Å². The number of rotatable bonds is 15. The van der Waals surface area contributed by atoms with Gasteiger partial charge in [-0.15, -0.1) is 0 Å². The van der Waals surface area contributed by atoms with Gasteiger partial charge in [-0.1, -0.05) is 33.1 Å². The number of anilines is 2. The first-order valence-electron chi connectivity index (χ1n) is 16.2. The lowest BCUT2D eigenvalue weighted by Gasteiger charge is -2.32. The van der Waals surface area contributed by atoms with E-state index in [0.29, 0.717) is 54.2 Å². The quantitative estimate of drug-likeness (QED) is 0.147. The molecule has 3 aromatic heterocycles. The molecule has 0 saturated carbocycles. The van der Waals surface area contributed by atoms with E-state index in [-0.39, 0.29) is 5.91 Å². The van der Waals surface area contributed by atoms with E-state index in [2.05, 4.69) is 46.1 Å². The highest BCUT2D eigenvalue weighted by molar-refractivity contribution is 5.98. The Labute approximate surface area is 265 Å². The van der Waals surface area contributed by atoms with Gasteiger partial charge >= 0.3 is 0 Å². The summed E-state index contributed by atoms with van der Waals surface area (Å²) in [7, 11) is 2.08. The van der Waals surface area contributed by atoms with Gasteiger partial charge in [-0.05, 0) is 62.2 Å². The molecule has 5 rings (SSSR count). The number of carbonyl (C=O) groups is 2. The minimum absolute atomic E-state index is 0.0293. The molecular weight excluding hydrogens is 566 g/mol. The average molecular weight is 612 g/mol. The second kappa shape index (κ2) is 15.6. The molecule has 10 heteroatoms. The van der Waals surface area contributed by atoms with Gasteiger partial charge in [0, 0.05) is 74.1 Å². The second-order valence-corrected chi connectivity index (χ2v) is 12.0. The van der Waals surface area contributed by atoms with E-state index in [9.17, 15) is 9.59 Å². The van der Waals surface area contributed by atoms with Crippen LogP contribution in [0.15, 0.2) is 54.9 Å². The topological polar surface area (TPSA) is 116 Å². The number of fused-ring (bicyclic) bond motifs is 1. The lowest BCUT2D eigenvalue weighted by Crippen LogP contribution is -2.47. The number of benzene rings is 1. The van der Waals surface area contributed by atoms with Gasteiger partial charge in [0.05, 0.1) is 18.0 Å².